The molecule has 0 saturated heterocycles. The zero-order valence-electron chi connectivity index (χ0n) is 11.6. The van der Waals surface area contributed by atoms with E-state index < -0.39 is 0 Å². The summed E-state index contributed by atoms with van der Waals surface area (Å²) in [5.41, 5.74) is 2.03. The molecule has 2 unspecified atom stereocenters. The predicted molar refractivity (Wildman–Crippen MR) is 76.2 cm³/mol. The lowest BCUT2D eigenvalue weighted by atomic mass is 10.2. The Bertz CT molecular complexity index is 417. The van der Waals surface area contributed by atoms with Gasteiger partial charge in [0.05, 0.1) is 12.6 Å². The molecule has 0 radical (unpaired) electrons. The zero-order valence-corrected chi connectivity index (χ0v) is 11.6. The van der Waals surface area contributed by atoms with Crippen LogP contribution in [0.3, 0.4) is 0 Å². The molecule has 1 aromatic carbocycles. The van der Waals surface area contributed by atoms with Gasteiger partial charge in [-0.3, -0.25) is 4.79 Å². The number of anilines is 1. The molecule has 1 aliphatic carbocycles. The zero-order chi connectivity index (χ0) is 13.7. The Kier molecular flexibility index (Phi) is 4.93. The number of aryl methyl sites for hydroxylation is 1. The molecule has 1 saturated carbocycles. The van der Waals surface area contributed by atoms with Crippen LogP contribution in [-0.4, -0.2) is 31.7 Å². The van der Waals surface area contributed by atoms with E-state index >= 15 is 0 Å². The number of rotatable bonds is 5. The van der Waals surface area contributed by atoms with Gasteiger partial charge in [-0.25, -0.2) is 0 Å². The molecule has 1 fully saturated rings. The van der Waals surface area contributed by atoms with Crippen LogP contribution in [0, 0.1) is 6.92 Å². The second-order valence-corrected chi connectivity index (χ2v) is 5.11. The first kappa shape index (κ1) is 14.0. The number of ether oxygens (including phenoxy) is 1. The Morgan fingerprint density at radius 2 is 2.05 bits per heavy atom. The van der Waals surface area contributed by atoms with Crippen LogP contribution in [0.1, 0.15) is 24.8 Å². The largest absolute Gasteiger partial charge is 0.380 e. The van der Waals surface area contributed by atoms with Crippen LogP contribution in [0.15, 0.2) is 24.3 Å². The Hall–Kier alpha value is -1.39. The van der Waals surface area contributed by atoms with Crippen LogP contribution in [0.25, 0.3) is 0 Å². The average Bonchev–Trinajstić information content (AvgIpc) is 2.86. The first-order chi connectivity index (χ1) is 9.19. The molecule has 0 heterocycles. The van der Waals surface area contributed by atoms with Crippen LogP contribution in [0.5, 0.6) is 0 Å². The summed E-state index contributed by atoms with van der Waals surface area (Å²) in [4.78, 5) is 11.8. The third-order valence-corrected chi connectivity index (χ3v) is 3.62. The number of benzene rings is 1. The molecule has 0 bridgehead atoms. The predicted octanol–water partition coefficient (Wildman–Crippen LogP) is 2.09. The fourth-order valence-corrected chi connectivity index (χ4v) is 2.51. The van der Waals surface area contributed by atoms with E-state index in [9.17, 15) is 4.79 Å². The maximum atomic E-state index is 11.8. The first-order valence-corrected chi connectivity index (χ1v) is 6.82. The van der Waals surface area contributed by atoms with E-state index in [0.29, 0.717) is 12.6 Å². The molecular formula is C15H22N2O2. The van der Waals surface area contributed by atoms with Crippen molar-refractivity contribution in [3.8, 4) is 0 Å². The third-order valence-electron chi connectivity index (χ3n) is 3.62. The molecule has 1 aliphatic rings. The van der Waals surface area contributed by atoms with E-state index in [0.717, 1.165) is 24.9 Å². The van der Waals surface area contributed by atoms with Crippen LogP contribution < -0.4 is 10.6 Å². The van der Waals surface area contributed by atoms with Crippen LogP contribution in [0.2, 0.25) is 0 Å². The smallest absolute Gasteiger partial charge is 0.238 e. The summed E-state index contributed by atoms with van der Waals surface area (Å²) < 4.78 is 5.39. The van der Waals surface area contributed by atoms with E-state index in [2.05, 4.69) is 10.6 Å². The number of hydrogen-bond acceptors (Lipinski definition) is 3. The van der Waals surface area contributed by atoms with Gasteiger partial charge in [-0.1, -0.05) is 17.7 Å². The molecule has 1 aromatic rings. The Balaban J connectivity index is 1.77. The molecule has 0 aromatic heterocycles. The van der Waals surface area contributed by atoms with Crippen LogP contribution in [0.4, 0.5) is 5.69 Å². The molecule has 1 amide bonds. The minimum Gasteiger partial charge on any atom is -0.380 e. The number of carbonyl (C=O) groups excluding carboxylic acids is 1. The van der Waals surface area contributed by atoms with E-state index in [4.69, 9.17) is 4.74 Å². The molecule has 0 aliphatic heterocycles. The van der Waals surface area contributed by atoms with Crippen molar-refractivity contribution >= 4 is 11.6 Å². The maximum Gasteiger partial charge on any atom is 0.238 e. The van der Waals surface area contributed by atoms with Crippen molar-refractivity contribution in [2.24, 2.45) is 0 Å². The second-order valence-electron chi connectivity index (χ2n) is 5.11. The summed E-state index contributed by atoms with van der Waals surface area (Å²) in [5, 5.41) is 6.16. The second kappa shape index (κ2) is 6.68. The number of carbonyl (C=O) groups is 1. The third kappa shape index (κ3) is 4.04. The molecule has 0 spiro atoms. The van der Waals surface area contributed by atoms with Gasteiger partial charge in [0.2, 0.25) is 5.91 Å². The van der Waals surface area contributed by atoms with Gasteiger partial charge in [0, 0.05) is 18.8 Å². The number of amides is 1. The fourth-order valence-electron chi connectivity index (χ4n) is 2.51. The highest BCUT2D eigenvalue weighted by Gasteiger charge is 2.26. The average molecular weight is 262 g/mol. The first-order valence-electron chi connectivity index (χ1n) is 6.82. The minimum absolute atomic E-state index is 0.00870. The quantitative estimate of drug-likeness (QED) is 0.854. The highest BCUT2D eigenvalue weighted by atomic mass is 16.5. The highest BCUT2D eigenvalue weighted by molar-refractivity contribution is 5.92. The van der Waals surface area contributed by atoms with Crippen molar-refractivity contribution in [1.82, 2.24) is 5.32 Å². The Morgan fingerprint density at radius 1 is 1.32 bits per heavy atom. The Morgan fingerprint density at radius 3 is 2.74 bits per heavy atom. The molecule has 19 heavy (non-hydrogen) atoms. The lowest BCUT2D eigenvalue weighted by Crippen LogP contribution is -2.41. The van der Waals surface area contributed by atoms with Crippen LogP contribution >= 0.6 is 0 Å². The fraction of sp³-hybridized carbons (Fsp3) is 0.533. The van der Waals surface area contributed by atoms with Gasteiger partial charge in [-0.15, -0.1) is 0 Å². The standard InChI is InChI=1S/C15H22N2O2/c1-11-6-8-12(9-7-11)17-15(18)10-16-13-4-3-5-14(13)19-2/h6-9,13-14,16H,3-5,10H2,1-2H3,(H,17,18). The van der Waals surface area contributed by atoms with Crippen molar-refractivity contribution in [1.29, 1.82) is 0 Å². The van der Waals surface area contributed by atoms with Gasteiger partial charge in [-0.2, -0.15) is 0 Å². The lowest BCUT2D eigenvalue weighted by Gasteiger charge is -2.19. The van der Waals surface area contributed by atoms with E-state index in [-0.39, 0.29) is 12.0 Å². The summed E-state index contributed by atoms with van der Waals surface area (Å²) in [6, 6.07) is 8.11. The number of nitrogens with one attached hydrogen (secondary N) is 2. The molecular weight excluding hydrogens is 240 g/mol. The molecule has 104 valence electrons. The van der Waals surface area contributed by atoms with Crippen molar-refractivity contribution in [3.05, 3.63) is 29.8 Å². The van der Waals surface area contributed by atoms with Gasteiger partial charge >= 0.3 is 0 Å². The Labute approximate surface area is 114 Å². The molecule has 2 atom stereocenters. The number of methoxy groups -OCH3 is 1. The normalized spacial score (nSPS) is 22.4. The van der Waals surface area contributed by atoms with Gasteiger partial charge in [0.15, 0.2) is 0 Å². The summed E-state index contributed by atoms with van der Waals surface area (Å²) in [6.07, 6.45) is 3.56. The van der Waals surface area contributed by atoms with Gasteiger partial charge in [0.1, 0.15) is 0 Å². The SMILES string of the molecule is COC1CCCC1NCC(=O)Nc1ccc(C)cc1. The number of hydrogen-bond donors (Lipinski definition) is 2. The molecule has 2 N–H and O–H groups in total. The van der Waals surface area contributed by atoms with E-state index in [1.165, 1.54) is 5.56 Å². The lowest BCUT2D eigenvalue weighted by molar-refractivity contribution is -0.115. The summed E-state index contributed by atoms with van der Waals surface area (Å²) in [5.74, 6) is -0.00870. The van der Waals surface area contributed by atoms with Crippen molar-refractivity contribution < 1.29 is 9.53 Å². The van der Waals surface area contributed by atoms with Gasteiger partial charge in [0.25, 0.3) is 0 Å². The molecule has 4 nitrogen and oxygen atoms in total. The molecule has 4 heteroatoms. The van der Waals surface area contributed by atoms with Crippen molar-refractivity contribution in [2.45, 2.75) is 38.3 Å². The highest BCUT2D eigenvalue weighted by Crippen LogP contribution is 2.21. The van der Waals surface area contributed by atoms with E-state index in [1.54, 1.807) is 7.11 Å². The summed E-state index contributed by atoms with van der Waals surface area (Å²) in [6.45, 7) is 2.36. The van der Waals surface area contributed by atoms with E-state index in [1.807, 2.05) is 31.2 Å². The summed E-state index contributed by atoms with van der Waals surface area (Å²) >= 11 is 0. The van der Waals surface area contributed by atoms with Crippen LogP contribution in [-0.2, 0) is 9.53 Å². The molecule has 2 rings (SSSR count). The minimum atomic E-state index is -0.00870. The summed E-state index contributed by atoms with van der Waals surface area (Å²) in [7, 11) is 1.73. The van der Waals surface area contributed by atoms with Crippen molar-refractivity contribution in [3.63, 3.8) is 0 Å². The topological polar surface area (TPSA) is 50.4 Å². The van der Waals surface area contributed by atoms with Crippen molar-refractivity contribution in [2.75, 3.05) is 19.0 Å². The van der Waals surface area contributed by atoms with Gasteiger partial charge in [-0.05, 0) is 38.3 Å². The monoisotopic (exact) mass is 262 g/mol. The van der Waals surface area contributed by atoms with Gasteiger partial charge < -0.3 is 15.4 Å². The maximum absolute atomic E-state index is 11.8.